The van der Waals surface area contributed by atoms with Crippen LogP contribution in [0.25, 0.3) is 0 Å². The fourth-order valence-corrected chi connectivity index (χ4v) is 11.0. The summed E-state index contributed by atoms with van der Waals surface area (Å²) in [6.45, 7) is 3.66. The van der Waals surface area contributed by atoms with Gasteiger partial charge in [0, 0.05) is 46.0 Å². The van der Waals surface area contributed by atoms with Crippen molar-refractivity contribution in [2.45, 2.75) is 190 Å². The van der Waals surface area contributed by atoms with Crippen molar-refractivity contribution in [1.29, 1.82) is 0 Å². The molecule has 0 bridgehead atoms. The zero-order chi connectivity index (χ0) is 52.4. The van der Waals surface area contributed by atoms with Gasteiger partial charge in [0.1, 0.15) is 60.7 Å². The summed E-state index contributed by atoms with van der Waals surface area (Å²) < 4.78 is 110. The van der Waals surface area contributed by atoms with E-state index in [0.717, 1.165) is 45.6 Å². The summed E-state index contributed by atoms with van der Waals surface area (Å²) in [6, 6.07) is -1.32. The van der Waals surface area contributed by atoms with Crippen LogP contribution in [0.15, 0.2) is 0 Å². The second-order valence-electron chi connectivity index (χ2n) is 19.1. The van der Waals surface area contributed by atoms with Crippen LogP contribution in [0.2, 0.25) is 0 Å². The highest BCUT2D eigenvalue weighted by molar-refractivity contribution is 7.81. The summed E-state index contributed by atoms with van der Waals surface area (Å²) in [7, 11) is -9.66. The van der Waals surface area contributed by atoms with Crippen LogP contribution in [0.3, 0.4) is 0 Å². The minimum absolute atomic E-state index is 0.0835. The van der Waals surface area contributed by atoms with Crippen molar-refractivity contribution in [2.75, 3.05) is 40.0 Å². The Morgan fingerprint density at radius 2 is 1.51 bits per heavy atom. The van der Waals surface area contributed by atoms with Crippen molar-refractivity contribution in [3.8, 4) is 0 Å². The van der Waals surface area contributed by atoms with Gasteiger partial charge in [0.15, 0.2) is 18.7 Å². The van der Waals surface area contributed by atoms with E-state index in [-0.39, 0.29) is 49.8 Å². The van der Waals surface area contributed by atoms with E-state index in [4.69, 9.17) is 28.4 Å². The maximum Gasteiger partial charge on any atom is 0.398 e. The van der Waals surface area contributed by atoms with Crippen LogP contribution in [-0.4, -0.2) is 212 Å². The van der Waals surface area contributed by atoms with Gasteiger partial charge in [-0.1, -0.05) is 45.4 Å². The number of rotatable bonds is 25. The largest absolute Gasteiger partial charge is 0.398 e. The number of carbonyl (C=O) groups excluding carboxylic acids is 4. The van der Waals surface area contributed by atoms with Crippen molar-refractivity contribution in [3.63, 3.8) is 0 Å². The predicted octanol–water partition coefficient (Wildman–Crippen LogP) is -1.95. The molecule has 3 heterocycles. The molecule has 17 atom stereocenters. The smallest absolute Gasteiger partial charge is 0.394 e. The van der Waals surface area contributed by atoms with Crippen molar-refractivity contribution < 1.29 is 107 Å². The van der Waals surface area contributed by atoms with Gasteiger partial charge in [-0.2, -0.15) is 16.8 Å². The van der Waals surface area contributed by atoms with Crippen LogP contribution < -0.4 is 10.6 Å². The van der Waals surface area contributed by atoms with E-state index in [1.165, 1.54) is 13.8 Å². The van der Waals surface area contributed by atoms with Crippen LogP contribution in [0, 0.1) is 17.8 Å². The third-order valence-corrected chi connectivity index (χ3v) is 14.8. The summed E-state index contributed by atoms with van der Waals surface area (Å²) in [6.07, 6.45) is -14.9. The third kappa shape index (κ3) is 16.7. The standard InChI is InChI=1S/C43H73N3O23S2/c1-5-25-18-26(27(49)13-9-14-44-40(54)38(69-71(59,60)61)31(21-62-4)68-70(56,57)58)19-28(37(25)67-43-36(53)35(52)33(50)22(2)63-43)65-42-32(45-23(3)48)39(34(51)30(20-47)66-42)64-29(41(55)46-15-10-16-46)17-24-11-7-6-8-12-24/h22,24-26,28-39,42-43,47,50-53H,5-21H2,1-4H3,(H,44,54)(H,45,48)(H,56,57,58)(H,59,60,61)/t22?,25?,26?,28-,29+,30+,31-,32?,33-,34+,35+,36?,37-,38-,39?,42-,43+/m1/s1. The van der Waals surface area contributed by atoms with Crippen molar-refractivity contribution in [1.82, 2.24) is 15.5 Å². The Bertz CT molecular complexity index is 1980. The SMILES string of the molecule is CCC1CC(C(=O)CCCNC(=O)[C@H](OS(=O)(=O)O)[C@@H](COC)OS(=O)(=O)O)C[C@@H](O[C@@H]2O[C@@H](CO)[C@H](O)C(O[C@@H](CC3CCCCC3)C(=O)N3CCC3)C2NC(C)=O)[C@@H]1O[C@@H]1OC(C)[C@@H](O)[C@H](O)C1O. The number of carbonyl (C=O) groups is 4. The first-order valence-corrected chi connectivity index (χ1v) is 26.9. The molecule has 3 aliphatic heterocycles. The van der Waals surface area contributed by atoms with Crippen molar-refractivity contribution >= 4 is 44.3 Å². The lowest BCUT2D eigenvalue weighted by molar-refractivity contribution is -0.338. The zero-order valence-corrected chi connectivity index (χ0v) is 42.0. The van der Waals surface area contributed by atoms with E-state index in [9.17, 15) is 70.7 Å². The van der Waals surface area contributed by atoms with Crippen LogP contribution in [-0.2, 0) is 76.8 Å². The highest BCUT2D eigenvalue weighted by Gasteiger charge is 2.53. The average molecular weight is 1060 g/mol. The van der Waals surface area contributed by atoms with Crippen molar-refractivity contribution in [3.05, 3.63) is 0 Å². The van der Waals surface area contributed by atoms with Crippen molar-refractivity contribution in [2.24, 2.45) is 17.8 Å². The van der Waals surface area contributed by atoms with Crippen LogP contribution in [0.1, 0.15) is 97.8 Å². The summed E-state index contributed by atoms with van der Waals surface area (Å²) in [5, 5.41) is 59.5. The number of ketones is 1. The van der Waals surface area contributed by atoms with E-state index >= 15 is 0 Å². The Labute approximate surface area is 413 Å². The Balaban J connectivity index is 1.40. The van der Waals surface area contributed by atoms with Crippen LogP contribution >= 0.6 is 0 Å². The normalized spacial score (nSPS) is 34.4. The molecule has 410 valence electrons. The maximum atomic E-state index is 14.1. The van der Waals surface area contributed by atoms with Gasteiger partial charge in [0.2, 0.25) is 5.91 Å². The molecule has 26 nitrogen and oxygen atoms in total. The van der Waals surface area contributed by atoms with Gasteiger partial charge >= 0.3 is 20.8 Å². The molecule has 3 amide bonds. The summed E-state index contributed by atoms with van der Waals surface area (Å²) in [5.74, 6) is -3.75. The zero-order valence-electron chi connectivity index (χ0n) is 40.3. The second-order valence-corrected chi connectivity index (χ2v) is 21.2. The lowest BCUT2D eigenvalue weighted by Crippen LogP contribution is -2.67. The van der Waals surface area contributed by atoms with E-state index < -0.39 is 150 Å². The fraction of sp³-hybridized carbons (Fsp3) is 0.907. The quantitative estimate of drug-likeness (QED) is 0.0354. The number of nitrogens with one attached hydrogen (secondary N) is 2. The Hall–Kier alpha value is -2.62. The number of ether oxygens (including phenoxy) is 6. The monoisotopic (exact) mass is 1060 g/mol. The first-order valence-electron chi connectivity index (χ1n) is 24.2. The number of amides is 3. The minimum Gasteiger partial charge on any atom is -0.394 e. The number of methoxy groups -OCH3 is 1. The van der Waals surface area contributed by atoms with Gasteiger partial charge in [-0.3, -0.25) is 28.3 Å². The van der Waals surface area contributed by atoms with Crippen LogP contribution in [0.5, 0.6) is 0 Å². The summed E-state index contributed by atoms with van der Waals surface area (Å²) in [4.78, 5) is 55.8. The number of hydrogen-bond donors (Lipinski definition) is 9. The Morgan fingerprint density at radius 1 is 0.831 bits per heavy atom. The molecule has 0 radical (unpaired) electrons. The molecule has 5 aliphatic rings. The van der Waals surface area contributed by atoms with Gasteiger partial charge in [0.05, 0.1) is 31.5 Å². The predicted molar refractivity (Wildman–Crippen MR) is 241 cm³/mol. The van der Waals surface area contributed by atoms with E-state index in [1.54, 1.807) is 11.8 Å². The first kappa shape index (κ1) is 59.3. The molecule has 2 saturated carbocycles. The lowest BCUT2D eigenvalue weighted by Gasteiger charge is -2.49. The molecule has 0 aromatic rings. The molecule has 71 heavy (non-hydrogen) atoms. The number of Topliss-reactive ketones (excluding diaryl/α,β-unsaturated/α-hetero) is 1. The van der Waals surface area contributed by atoms with E-state index in [2.05, 4.69) is 19.0 Å². The molecule has 6 unspecified atom stereocenters. The van der Waals surface area contributed by atoms with Crippen LogP contribution in [0.4, 0.5) is 0 Å². The summed E-state index contributed by atoms with van der Waals surface area (Å²) >= 11 is 0. The number of likely N-dealkylation sites (tertiary alicyclic amines) is 1. The molecular weight excluding hydrogens is 991 g/mol. The number of aliphatic hydroxyl groups is 5. The number of hydrogen-bond acceptors (Lipinski definition) is 21. The first-order chi connectivity index (χ1) is 33.4. The fourth-order valence-electron chi connectivity index (χ4n) is 10.0. The molecule has 3 saturated heterocycles. The molecule has 28 heteroatoms. The Morgan fingerprint density at radius 3 is 2.08 bits per heavy atom. The van der Waals surface area contributed by atoms with Gasteiger partial charge in [0.25, 0.3) is 11.8 Å². The molecule has 5 rings (SSSR count). The maximum absolute atomic E-state index is 14.1. The molecule has 9 N–H and O–H groups in total. The highest BCUT2D eigenvalue weighted by atomic mass is 32.3. The molecule has 0 aromatic carbocycles. The van der Waals surface area contributed by atoms with E-state index in [1.807, 2.05) is 0 Å². The molecule has 0 spiro atoms. The van der Waals surface area contributed by atoms with Gasteiger partial charge in [-0.05, 0) is 50.9 Å². The second kappa shape index (κ2) is 26.7. The average Bonchev–Trinajstić information content (AvgIpc) is 3.28. The van der Waals surface area contributed by atoms with E-state index in [0.29, 0.717) is 25.9 Å². The molecule has 5 fully saturated rings. The Kier molecular flexibility index (Phi) is 22.3. The topological polar surface area (TPSA) is 379 Å². The lowest BCUT2D eigenvalue weighted by atomic mass is 9.74. The van der Waals surface area contributed by atoms with Gasteiger partial charge in [-0.25, -0.2) is 8.37 Å². The van der Waals surface area contributed by atoms with Gasteiger partial charge < -0.3 is 69.5 Å². The minimum atomic E-state index is -5.40. The van der Waals surface area contributed by atoms with Gasteiger partial charge in [-0.15, -0.1) is 0 Å². The molecule has 2 aliphatic carbocycles. The number of aliphatic hydroxyl groups excluding tert-OH is 5. The highest BCUT2D eigenvalue weighted by Crippen LogP contribution is 2.41. The third-order valence-electron chi connectivity index (χ3n) is 13.9. The molecular formula is C43H73N3O23S2. The number of nitrogens with zero attached hydrogens (tertiary/aromatic N) is 1. The molecule has 0 aromatic heterocycles. The summed E-state index contributed by atoms with van der Waals surface area (Å²) in [5.41, 5.74) is 0.